The molecule has 1 rings (SSSR count). The highest BCUT2D eigenvalue weighted by molar-refractivity contribution is 5.97. The molecule has 5 nitrogen and oxygen atoms in total. The molecule has 0 aliphatic rings. The molecule has 5 heteroatoms. The van der Waals surface area contributed by atoms with Crippen molar-refractivity contribution in [1.29, 1.82) is 0 Å². The van der Waals surface area contributed by atoms with Gasteiger partial charge in [0.2, 0.25) is 0 Å². The number of hydrogen-bond acceptors (Lipinski definition) is 3. The van der Waals surface area contributed by atoms with Crippen LogP contribution in [-0.2, 0) is 6.54 Å². The topological polar surface area (TPSA) is 76.4 Å². The SMILES string of the molecule is CCn1cc(/C(N)=N\O)c(C)n1. The Morgan fingerprint density at radius 3 is 2.92 bits per heavy atom. The zero-order chi connectivity index (χ0) is 9.14. The number of aryl methyl sites for hydroxylation is 2. The van der Waals surface area contributed by atoms with Crippen LogP contribution >= 0.6 is 0 Å². The molecule has 0 aliphatic carbocycles. The maximum atomic E-state index is 8.42. The van der Waals surface area contributed by atoms with Gasteiger partial charge in [-0.05, 0) is 13.8 Å². The lowest BCUT2D eigenvalue weighted by Crippen LogP contribution is -2.13. The second-order valence-electron chi connectivity index (χ2n) is 2.47. The third-order valence-electron chi connectivity index (χ3n) is 1.65. The van der Waals surface area contributed by atoms with Gasteiger partial charge in [-0.25, -0.2) is 0 Å². The summed E-state index contributed by atoms with van der Waals surface area (Å²) in [5.41, 5.74) is 6.86. The summed E-state index contributed by atoms with van der Waals surface area (Å²) in [6, 6.07) is 0. The van der Waals surface area contributed by atoms with Gasteiger partial charge in [0.1, 0.15) is 0 Å². The molecule has 0 saturated carbocycles. The summed E-state index contributed by atoms with van der Waals surface area (Å²) in [4.78, 5) is 0. The maximum absolute atomic E-state index is 8.42. The summed E-state index contributed by atoms with van der Waals surface area (Å²) in [6.07, 6.45) is 1.75. The van der Waals surface area contributed by atoms with E-state index in [9.17, 15) is 0 Å². The van der Waals surface area contributed by atoms with E-state index in [4.69, 9.17) is 10.9 Å². The van der Waals surface area contributed by atoms with E-state index in [1.54, 1.807) is 10.9 Å². The lowest BCUT2D eigenvalue weighted by Gasteiger charge is -1.92. The predicted molar refractivity (Wildman–Crippen MR) is 45.1 cm³/mol. The molecule has 0 fully saturated rings. The number of hydrogen-bond donors (Lipinski definition) is 2. The minimum absolute atomic E-state index is 0.104. The van der Waals surface area contributed by atoms with Crippen molar-refractivity contribution < 1.29 is 5.21 Å². The molecule has 0 spiro atoms. The van der Waals surface area contributed by atoms with E-state index >= 15 is 0 Å². The van der Waals surface area contributed by atoms with Crippen molar-refractivity contribution in [3.63, 3.8) is 0 Å². The van der Waals surface area contributed by atoms with Gasteiger partial charge in [-0.1, -0.05) is 5.16 Å². The summed E-state index contributed by atoms with van der Waals surface area (Å²) < 4.78 is 1.74. The fourth-order valence-electron chi connectivity index (χ4n) is 0.985. The lowest BCUT2D eigenvalue weighted by molar-refractivity contribution is 0.318. The average molecular weight is 168 g/mol. The van der Waals surface area contributed by atoms with Crippen molar-refractivity contribution in [2.24, 2.45) is 10.9 Å². The third-order valence-corrected chi connectivity index (χ3v) is 1.65. The molecular weight excluding hydrogens is 156 g/mol. The fraction of sp³-hybridized carbons (Fsp3) is 0.429. The second-order valence-corrected chi connectivity index (χ2v) is 2.47. The first-order valence-corrected chi connectivity index (χ1v) is 3.71. The zero-order valence-corrected chi connectivity index (χ0v) is 7.15. The Morgan fingerprint density at radius 1 is 1.83 bits per heavy atom. The largest absolute Gasteiger partial charge is 0.409 e. The second kappa shape index (κ2) is 3.25. The molecule has 0 radical (unpaired) electrons. The van der Waals surface area contributed by atoms with Gasteiger partial charge in [0.15, 0.2) is 5.84 Å². The Hall–Kier alpha value is -1.52. The number of aromatic nitrogens is 2. The van der Waals surface area contributed by atoms with Crippen LogP contribution < -0.4 is 5.73 Å². The van der Waals surface area contributed by atoms with E-state index < -0.39 is 0 Å². The van der Waals surface area contributed by atoms with Gasteiger partial charge < -0.3 is 10.9 Å². The van der Waals surface area contributed by atoms with Gasteiger partial charge >= 0.3 is 0 Å². The molecule has 0 aromatic carbocycles. The molecule has 1 heterocycles. The quantitative estimate of drug-likeness (QED) is 0.289. The summed E-state index contributed by atoms with van der Waals surface area (Å²) in [5.74, 6) is 0.104. The highest BCUT2D eigenvalue weighted by atomic mass is 16.4. The van der Waals surface area contributed by atoms with Gasteiger partial charge in [-0.15, -0.1) is 0 Å². The molecule has 0 atom stereocenters. The number of oxime groups is 1. The van der Waals surface area contributed by atoms with Crippen molar-refractivity contribution in [1.82, 2.24) is 9.78 Å². The van der Waals surface area contributed by atoms with Crippen molar-refractivity contribution in [3.8, 4) is 0 Å². The summed E-state index contributed by atoms with van der Waals surface area (Å²) >= 11 is 0. The van der Waals surface area contributed by atoms with Crippen LogP contribution in [-0.4, -0.2) is 20.8 Å². The summed E-state index contributed by atoms with van der Waals surface area (Å²) in [6.45, 7) is 4.57. The van der Waals surface area contributed by atoms with Crippen LogP contribution in [0.25, 0.3) is 0 Å². The standard InChI is InChI=1S/C7H12N4O/c1-3-11-4-6(5(2)9-11)7(8)10-12/h4,12H,3H2,1-2H3,(H2,8,10). The van der Waals surface area contributed by atoms with E-state index in [-0.39, 0.29) is 5.84 Å². The Morgan fingerprint density at radius 2 is 2.50 bits per heavy atom. The molecular formula is C7H12N4O. The van der Waals surface area contributed by atoms with Crippen LogP contribution in [0.1, 0.15) is 18.2 Å². The fourth-order valence-corrected chi connectivity index (χ4v) is 0.985. The highest BCUT2D eigenvalue weighted by Crippen LogP contribution is 2.04. The average Bonchev–Trinajstić information content (AvgIpc) is 2.45. The normalized spacial score (nSPS) is 12.0. The maximum Gasteiger partial charge on any atom is 0.173 e. The van der Waals surface area contributed by atoms with Crippen molar-refractivity contribution in [3.05, 3.63) is 17.5 Å². The van der Waals surface area contributed by atoms with E-state index in [0.717, 1.165) is 12.2 Å². The van der Waals surface area contributed by atoms with Crippen LogP contribution in [0.2, 0.25) is 0 Å². The highest BCUT2D eigenvalue weighted by Gasteiger charge is 2.07. The van der Waals surface area contributed by atoms with Gasteiger partial charge in [0.05, 0.1) is 11.3 Å². The van der Waals surface area contributed by atoms with Gasteiger partial charge in [-0.2, -0.15) is 5.10 Å². The monoisotopic (exact) mass is 168 g/mol. The lowest BCUT2D eigenvalue weighted by atomic mass is 10.2. The van der Waals surface area contributed by atoms with Crippen LogP contribution in [0.3, 0.4) is 0 Å². The third kappa shape index (κ3) is 1.39. The Kier molecular flexibility index (Phi) is 2.32. The first kappa shape index (κ1) is 8.58. The molecule has 3 N–H and O–H groups in total. The van der Waals surface area contributed by atoms with Gasteiger partial charge in [0, 0.05) is 12.7 Å². The van der Waals surface area contributed by atoms with Crippen molar-refractivity contribution in [2.75, 3.05) is 0 Å². The molecule has 0 bridgehead atoms. The van der Waals surface area contributed by atoms with E-state index in [1.807, 2.05) is 13.8 Å². The zero-order valence-electron chi connectivity index (χ0n) is 7.15. The Labute approximate surface area is 70.5 Å². The van der Waals surface area contributed by atoms with Gasteiger partial charge in [-0.3, -0.25) is 4.68 Å². The molecule has 1 aromatic heterocycles. The van der Waals surface area contributed by atoms with Gasteiger partial charge in [0.25, 0.3) is 0 Å². The first-order chi connectivity index (χ1) is 5.69. The minimum Gasteiger partial charge on any atom is -0.409 e. The Balaban J connectivity index is 3.08. The van der Waals surface area contributed by atoms with E-state index in [0.29, 0.717) is 5.56 Å². The smallest absolute Gasteiger partial charge is 0.173 e. The molecule has 66 valence electrons. The number of rotatable bonds is 2. The molecule has 0 unspecified atom stereocenters. The molecule has 12 heavy (non-hydrogen) atoms. The summed E-state index contributed by atoms with van der Waals surface area (Å²) in [5, 5.41) is 15.5. The Bertz CT molecular complexity index is 302. The van der Waals surface area contributed by atoms with Crippen LogP contribution in [0.15, 0.2) is 11.4 Å². The minimum atomic E-state index is 0.104. The molecule has 0 aliphatic heterocycles. The number of nitrogens with two attached hydrogens (primary N) is 1. The van der Waals surface area contributed by atoms with E-state index in [2.05, 4.69) is 10.3 Å². The molecule has 0 amide bonds. The van der Waals surface area contributed by atoms with Crippen molar-refractivity contribution >= 4 is 5.84 Å². The van der Waals surface area contributed by atoms with Crippen LogP contribution in [0.5, 0.6) is 0 Å². The predicted octanol–water partition coefficient (Wildman–Crippen LogP) is 0.306. The molecule has 0 saturated heterocycles. The number of amidine groups is 1. The van der Waals surface area contributed by atoms with Crippen molar-refractivity contribution in [2.45, 2.75) is 20.4 Å². The van der Waals surface area contributed by atoms with E-state index in [1.165, 1.54) is 0 Å². The van der Waals surface area contributed by atoms with Crippen LogP contribution in [0, 0.1) is 6.92 Å². The van der Waals surface area contributed by atoms with Crippen LogP contribution in [0.4, 0.5) is 0 Å². The molecule has 1 aromatic rings. The number of nitrogens with zero attached hydrogens (tertiary/aromatic N) is 3. The first-order valence-electron chi connectivity index (χ1n) is 3.71. The summed E-state index contributed by atoms with van der Waals surface area (Å²) in [7, 11) is 0.